The molecule has 0 aromatic rings. The molecule has 0 aromatic carbocycles. The Balaban J connectivity index is -0.000000113. The number of rotatable bonds is 6. The standard InChI is InChI=1S/C3H7NO3.C3H7NO2S.2C2H5NO2/c4-2(1-5)3(6)7;4-2(1-7)3(5)6;2*3-1-2(4)5/h2,5H,1,4H2,(H,6,7);2,7H,1,4H2,(H,5,6);2*1,3H2,(H,4,5)/t2*2-;;/m00../s1. The first-order chi connectivity index (χ1) is 10.9. The van der Waals surface area contributed by atoms with Crippen molar-refractivity contribution in [2.45, 2.75) is 12.1 Å². The van der Waals surface area contributed by atoms with Gasteiger partial charge in [-0.15, -0.1) is 0 Å². The van der Waals surface area contributed by atoms with E-state index in [0.29, 0.717) is 0 Å². The normalized spacial score (nSPS) is 10.9. The van der Waals surface area contributed by atoms with Gasteiger partial charge in [0.1, 0.15) is 12.1 Å². The van der Waals surface area contributed by atoms with Gasteiger partial charge in [-0.1, -0.05) is 0 Å². The number of thiol groups is 1. The fraction of sp³-hybridized carbons (Fsp3) is 0.600. The fourth-order valence-electron chi connectivity index (χ4n) is 0.156. The van der Waals surface area contributed by atoms with E-state index < -0.39 is 42.6 Å². The number of carboxylic acid groups (broad SMARTS) is 4. The van der Waals surface area contributed by atoms with Gasteiger partial charge in [-0.05, 0) is 0 Å². The van der Waals surface area contributed by atoms with Gasteiger partial charge in [0.25, 0.3) is 0 Å². The van der Waals surface area contributed by atoms with Crippen LogP contribution in [0, 0.1) is 0 Å². The van der Waals surface area contributed by atoms with Crippen LogP contribution in [0.2, 0.25) is 0 Å². The molecule has 0 aliphatic heterocycles. The van der Waals surface area contributed by atoms with Crippen molar-refractivity contribution in [1.29, 1.82) is 0 Å². The summed E-state index contributed by atoms with van der Waals surface area (Å²) in [6.45, 7) is -1.06. The molecular weight excluding hydrogens is 352 g/mol. The van der Waals surface area contributed by atoms with Gasteiger partial charge in [0, 0.05) is 5.75 Å². The number of carbonyl (C=O) groups is 4. The topological polar surface area (TPSA) is 274 Å². The minimum absolute atomic E-state index is 0.190. The van der Waals surface area contributed by atoms with E-state index in [0.717, 1.165) is 0 Å². The average Bonchev–Trinajstić information content (AvgIpc) is 2.54. The van der Waals surface area contributed by atoms with Gasteiger partial charge in [0.05, 0.1) is 19.7 Å². The Morgan fingerprint density at radius 3 is 1.04 bits per heavy atom. The minimum Gasteiger partial charge on any atom is -0.480 e. The van der Waals surface area contributed by atoms with Crippen LogP contribution in [0.15, 0.2) is 0 Å². The molecule has 0 radical (unpaired) electrons. The quantitative estimate of drug-likeness (QED) is 0.197. The number of aliphatic hydroxyl groups is 1. The Hall–Kier alpha value is -1.97. The average molecular weight is 376 g/mol. The van der Waals surface area contributed by atoms with Crippen LogP contribution in [0.4, 0.5) is 0 Å². The number of nitrogens with two attached hydrogens (primary N) is 4. The van der Waals surface area contributed by atoms with Crippen LogP contribution < -0.4 is 22.9 Å². The summed E-state index contributed by atoms with van der Waals surface area (Å²) in [7, 11) is 0. The highest BCUT2D eigenvalue weighted by Gasteiger charge is 2.07. The van der Waals surface area contributed by atoms with Crippen molar-refractivity contribution in [3.8, 4) is 0 Å². The third kappa shape index (κ3) is 36.9. The highest BCUT2D eigenvalue weighted by atomic mass is 32.1. The zero-order chi connectivity index (χ0) is 20.3. The molecule has 24 heavy (non-hydrogen) atoms. The third-order valence-corrected chi connectivity index (χ3v) is 1.77. The van der Waals surface area contributed by atoms with Gasteiger partial charge < -0.3 is 48.5 Å². The van der Waals surface area contributed by atoms with E-state index in [1.54, 1.807) is 0 Å². The highest BCUT2D eigenvalue weighted by Crippen LogP contribution is 1.80. The second-order valence-corrected chi connectivity index (χ2v) is 3.82. The zero-order valence-corrected chi connectivity index (χ0v) is 13.5. The van der Waals surface area contributed by atoms with Gasteiger partial charge in [0.15, 0.2) is 0 Å². The SMILES string of the molecule is NCC(=O)O.NCC(=O)O.N[C@@H](CO)C(=O)O.N[C@@H](CS)C(=O)O. The molecule has 0 aromatic heterocycles. The van der Waals surface area contributed by atoms with E-state index in [1.165, 1.54) is 0 Å². The van der Waals surface area contributed by atoms with Crippen molar-refractivity contribution < 1.29 is 44.7 Å². The van der Waals surface area contributed by atoms with Gasteiger partial charge in [-0.2, -0.15) is 12.6 Å². The molecule has 144 valence electrons. The largest absolute Gasteiger partial charge is 0.480 e. The number of carboxylic acids is 4. The van der Waals surface area contributed by atoms with Crippen LogP contribution in [-0.4, -0.2) is 86.9 Å². The lowest BCUT2D eigenvalue weighted by molar-refractivity contribution is -0.140. The lowest BCUT2D eigenvalue weighted by atomic mass is 10.3. The molecule has 0 fully saturated rings. The maximum absolute atomic E-state index is 9.76. The third-order valence-electron chi connectivity index (χ3n) is 1.38. The van der Waals surface area contributed by atoms with Crippen LogP contribution in [0.3, 0.4) is 0 Å². The molecule has 0 aliphatic rings. The number of hydrogen-bond acceptors (Lipinski definition) is 10. The summed E-state index contributed by atoms with van der Waals surface area (Å²) in [5.41, 5.74) is 18.8. The van der Waals surface area contributed by atoms with E-state index >= 15 is 0 Å². The first-order valence-corrected chi connectivity index (χ1v) is 6.56. The molecule has 0 rings (SSSR count). The van der Waals surface area contributed by atoms with Crippen molar-refractivity contribution in [3.05, 3.63) is 0 Å². The molecule has 13 nitrogen and oxygen atoms in total. The lowest BCUT2D eigenvalue weighted by Crippen LogP contribution is -2.33. The van der Waals surface area contributed by atoms with Crippen molar-refractivity contribution >= 4 is 36.5 Å². The van der Waals surface area contributed by atoms with Crippen LogP contribution in [-0.2, 0) is 19.2 Å². The molecule has 0 saturated heterocycles. The number of hydrogen-bond donors (Lipinski definition) is 10. The van der Waals surface area contributed by atoms with Crippen LogP contribution in [0.5, 0.6) is 0 Å². The van der Waals surface area contributed by atoms with Gasteiger partial charge in [-0.25, -0.2) is 0 Å². The Bertz CT molecular complexity index is 336. The second-order valence-electron chi connectivity index (χ2n) is 3.45. The second kappa shape index (κ2) is 21.0. The zero-order valence-electron chi connectivity index (χ0n) is 12.6. The summed E-state index contributed by atoms with van der Waals surface area (Å²) in [6.07, 6.45) is 0. The van der Waals surface area contributed by atoms with E-state index in [9.17, 15) is 19.2 Å². The molecule has 0 unspecified atom stereocenters. The molecule has 2 atom stereocenters. The van der Waals surface area contributed by atoms with Gasteiger partial charge in [-0.3, -0.25) is 19.2 Å². The molecule has 13 N–H and O–H groups in total. The first kappa shape index (κ1) is 30.0. The Labute approximate surface area is 142 Å². The predicted octanol–water partition coefficient (Wildman–Crippen LogP) is -4.22. The highest BCUT2D eigenvalue weighted by molar-refractivity contribution is 7.80. The van der Waals surface area contributed by atoms with Crippen LogP contribution >= 0.6 is 12.6 Å². The molecule has 0 bridgehead atoms. The summed E-state index contributed by atoms with van der Waals surface area (Å²) in [5.74, 6) is -3.93. The maximum Gasteiger partial charge on any atom is 0.322 e. The monoisotopic (exact) mass is 376 g/mol. The maximum atomic E-state index is 9.76. The van der Waals surface area contributed by atoms with Crippen molar-refractivity contribution in [3.63, 3.8) is 0 Å². The van der Waals surface area contributed by atoms with Crippen LogP contribution in [0.1, 0.15) is 0 Å². The van der Waals surface area contributed by atoms with Gasteiger partial charge >= 0.3 is 23.9 Å². The Morgan fingerprint density at radius 1 is 0.792 bits per heavy atom. The van der Waals surface area contributed by atoms with E-state index in [2.05, 4.69) is 24.1 Å². The lowest BCUT2D eigenvalue weighted by Gasteiger charge is -1.96. The summed E-state index contributed by atoms with van der Waals surface area (Å²) >= 11 is 3.65. The molecule has 0 spiro atoms. The smallest absolute Gasteiger partial charge is 0.322 e. The summed E-state index contributed by atoms with van der Waals surface area (Å²) in [5, 5.41) is 39.1. The number of aliphatic hydroxyl groups excluding tert-OH is 1. The molecule has 0 aliphatic carbocycles. The van der Waals surface area contributed by atoms with Crippen LogP contribution in [0.25, 0.3) is 0 Å². The van der Waals surface area contributed by atoms with E-state index in [1.807, 2.05) is 0 Å². The summed E-state index contributed by atoms with van der Waals surface area (Å²) in [6, 6.07) is -1.94. The first-order valence-electron chi connectivity index (χ1n) is 5.93. The molecule has 14 heteroatoms. The predicted molar refractivity (Wildman–Crippen MR) is 85.5 cm³/mol. The number of aliphatic carboxylic acids is 4. The van der Waals surface area contributed by atoms with Crippen molar-refractivity contribution in [2.75, 3.05) is 25.4 Å². The van der Waals surface area contributed by atoms with Gasteiger partial charge in [0.2, 0.25) is 0 Å². The summed E-state index contributed by atoms with van der Waals surface area (Å²) < 4.78 is 0. The van der Waals surface area contributed by atoms with E-state index in [4.69, 9.17) is 37.0 Å². The minimum atomic E-state index is -1.18. The fourth-order valence-corrected chi connectivity index (χ4v) is 0.312. The van der Waals surface area contributed by atoms with Crippen molar-refractivity contribution in [2.24, 2.45) is 22.9 Å². The van der Waals surface area contributed by atoms with Crippen molar-refractivity contribution in [1.82, 2.24) is 0 Å². The Morgan fingerprint density at radius 2 is 1.04 bits per heavy atom. The van der Waals surface area contributed by atoms with E-state index in [-0.39, 0.29) is 18.8 Å². The summed E-state index contributed by atoms with van der Waals surface area (Å²) in [4.78, 5) is 37.9. The Kier molecular flexibility index (Phi) is 26.3. The molecule has 0 heterocycles. The molecular formula is C10H24N4O9S. The molecule has 0 amide bonds. The molecule has 0 saturated carbocycles.